The number of H-pyrrole nitrogens is 1. The van der Waals surface area contributed by atoms with E-state index in [2.05, 4.69) is 4.98 Å². The van der Waals surface area contributed by atoms with Crippen LogP contribution < -0.4 is 20.7 Å². The maximum absolute atomic E-state index is 13.0. The molecule has 4 atom stereocenters. The van der Waals surface area contributed by atoms with Crippen LogP contribution in [0.1, 0.15) is 35.4 Å². The highest BCUT2D eigenvalue weighted by Gasteiger charge is 2.66. The fourth-order valence-corrected chi connectivity index (χ4v) is 6.76. The van der Waals surface area contributed by atoms with Gasteiger partial charge in [0.2, 0.25) is 0 Å². The third-order valence-electron chi connectivity index (χ3n) is 8.92. The molecule has 0 spiro atoms. The largest absolute Gasteiger partial charge is 0.497 e. The average Bonchev–Trinajstić information content (AvgIpc) is 3.50. The third kappa shape index (κ3) is 5.30. The van der Waals surface area contributed by atoms with Gasteiger partial charge in [-0.15, -0.1) is 0 Å². The van der Waals surface area contributed by atoms with Crippen molar-refractivity contribution in [2.24, 2.45) is 0 Å². The molecule has 0 aliphatic carbocycles. The summed E-state index contributed by atoms with van der Waals surface area (Å²) in [4.78, 5) is 42.0. The lowest BCUT2D eigenvalue weighted by Gasteiger charge is -2.41. The average molecular weight is 628 g/mol. The van der Waals surface area contributed by atoms with Gasteiger partial charge in [0.1, 0.15) is 22.7 Å². The van der Waals surface area contributed by atoms with Crippen LogP contribution in [-0.4, -0.2) is 72.6 Å². The van der Waals surface area contributed by atoms with E-state index in [0.29, 0.717) is 23.6 Å². The number of carbonyl (C=O) groups is 1. The molecule has 11 heteroatoms. The molecule has 6 rings (SSSR count). The number of carbonyl (C=O) groups excluding carboxylic acids is 1. The molecule has 4 aromatic rings. The smallest absolute Gasteiger partial charge is 0.330 e. The molecule has 3 aromatic carbocycles. The normalized spacial score (nSPS) is 22.5. The van der Waals surface area contributed by atoms with Crippen molar-refractivity contribution in [2.75, 3.05) is 34.4 Å². The Morgan fingerprint density at radius 3 is 2.04 bits per heavy atom. The zero-order valence-electron chi connectivity index (χ0n) is 26.4. The van der Waals surface area contributed by atoms with Crippen molar-refractivity contribution in [1.82, 2.24) is 14.5 Å². The number of hydrogen-bond acceptors (Lipinski definition) is 9. The molecule has 46 heavy (non-hydrogen) atoms. The molecule has 11 nitrogen and oxygen atoms in total. The molecule has 2 aliphatic rings. The Morgan fingerprint density at radius 1 is 0.935 bits per heavy atom. The number of esters is 1. The number of nitrogens with zero attached hydrogens (tertiary/aromatic N) is 2. The molecule has 2 saturated heterocycles. The van der Waals surface area contributed by atoms with Crippen molar-refractivity contribution in [3.8, 4) is 11.5 Å². The van der Waals surface area contributed by atoms with Gasteiger partial charge in [-0.3, -0.25) is 24.0 Å². The number of rotatable bonds is 10. The Bertz CT molecular complexity index is 1770. The number of morpholine rings is 1. The SMILES string of the molecule is COc1ccc(C(OC[C@@]23CN(C)[C@@H]([C@H](n4cc(C)c(=O)[nH]c4=O)O2)[C@@H]3OC(C)=O)(c2ccccc2)c2ccc(OC)cc2)cc1. The van der Waals surface area contributed by atoms with E-state index >= 15 is 0 Å². The van der Waals surface area contributed by atoms with E-state index in [4.69, 9.17) is 23.7 Å². The number of fused-ring (bicyclic) bond motifs is 2. The van der Waals surface area contributed by atoms with Gasteiger partial charge < -0.3 is 23.7 Å². The highest BCUT2D eigenvalue weighted by Crippen LogP contribution is 2.50. The third-order valence-corrected chi connectivity index (χ3v) is 8.92. The van der Waals surface area contributed by atoms with Gasteiger partial charge in [0.05, 0.1) is 26.9 Å². The maximum Gasteiger partial charge on any atom is 0.330 e. The number of ether oxygens (including phenoxy) is 5. The van der Waals surface area contributed by atoms with E-state index in [-0.39, 0.29) is 6.61 Å². The first-order valence-electron chi connectivity index (χ1n) is 15.0. The minimum Gasteiger partial charge on any atom is -0.497 e. The van der Waals surface area contributed by atoms with Crippen molar-refractivity contribution in [3.05, 3.63) is 128 Å². The lowest BCUT2D eigenvalue weighted by atomic mass is 9.79. The highest BCUT2D eigenvalue weighted by atomic mass is 16.6. The Hall–Kier alpha value is -4.71. The summed E-state index contributed by atoms with van der Waals surface area (Å²) in [7, 11) is 5.12. The Morgan fingerprint density at radius 2 is 1.50 bits per heavy atom. The van der Waals surface area contributed by atoms with Crippen LogP contribution in [0, 0.1) is 6.92 Å². The van der Waals surface area contributed by atoms with Gasteiger partial charge in [-0.1, -0.05) is 54.6 Å². The first-order valence-corrected chi connectivity index (χ1v) is 15.0. The van der Waals surface area contributed by atoms with E-state index in [0.717, 1.165) is 16.7 Å². The van der Waals surface area contributed by atoms with Gasteiger partial charge in [-0.05, 0) is 54.9 Å². The second kappa shape index (κ2) is 12.2. The van der Waals surface area contributed by atoms with Crippen molar-refractivity contribution in [2.45, 2.75) is 43.4 Å². The van der Waals surface area contributed by atoms with Crippen LogP contribution in [-0.2, 0) is 24.6 Å². The predicted octanol–water partition coefficient (Wildman–Crippen LogP) is 3.38. The monoisotopic (exact) mass is 627 g/mol. The van der Waals surface area contributed by atoms with E-state index in [1.54, 1.807) is 21.1 Å². The number of hydrogen-bond donors (Lipinski definition) is 1. The molecule has 3 heterocycles. The van der Waals surface area contributed by atoms with Crippen LogP contribution in [0.3, 0.4) is 0 Å². The second-order valence-corrected chi connectivity index (χ2v) is 11.8. The number of methoxy groups -OCH3 is 2. The van der Waals surface area contributed by atoms with Gasteiger partial charge in [0.25, 0.3) is 5.56 Å². The van der Waals surface area contributed by atoms with Crippen LogP contribution in [0.2, 0.25) is 0 Å². The van der Waals surface area contributed by atoms with E-state index in [1.165, 1.54) is 17.7 Å². The van der Waals surface area contributed by atoms with Crippen LogP contribution >= 0.6 is 0 Å². The number of likely N-dealkylation sites (tertiary alicyclic amines) is 1. The molecule has 240 valence electrons. The molecular formula is C35H37N3O8. The van der Waals surface area contributed by atoms with E-state index in [1.807, 2.05) is 90.8 Å². The summed E-state index contributed by atoms with van der Waals surface area (Å²) in [5.74, 6) is 0.902. The Kier molecular flexibility index (Phi) is 8.32. The number of likely N-dealkylation sites (N-methyl/N-ethyl adjacent to an activating group) is 1. The number of aryl methyl sites for hydroxylation is 1. The number of nitrogens with one attached hydrogen (secondary N) is 1. The highest BCUT2D eigenvalue weighted by molar-refractivity contribution is 5.66. The molecular weight excluding hydrogens is 590 g/mol. The summed E-state index contributed by atoms with van der Waals surface area (Å²) < 4.78 is 32.2. The summed E-state index contributed by atoms with van der Waals surface area (Å²) >= 11 is 0. The van der Waals surface area contributed by atoms with Gasteiger partial charge in [-0.2, -0.15) is 0 Å². The van der Waals surface area contributed by atoms with Gasteiger partial charge in [-0.25, -0.2) is 4.79 Å². The van der Waals surface area contributed by atoms with Gasteiger partial charge in [0.15, 0.2) is 12.3 Å². The fourth-order valence-electron chi connectivity index (χ4n) is 6.76. The van der Waals surface area contributed by atoms with E-state index in [9.17, 15) is 14.4 Å². The molecule has 0 saturated carbocycles. The fraction of sp³-hybridized carbons (Fsp3) is 0.343. The molecule has 2 bridgehead atoms. The van der Waals surface area contributed by atoms with E-state index < -0.39 is 46.8 Å². The minimum absolute atomic E-state index is 0.0215. The number of aromatic nitrogens is 2. The topological polar surface area (TPSA) is 121 Å². The molecule has 2 fully saturated rings. The summed E-state index contributed by atoms with van der Waals surface area (Å²) in [5.41, 5.74) is -0.545. The lowest BCUT2D eigenvalue weighted by molar-refractivity contribution is -0.184. The van der Waals surface area contributed by atoms with Gasteiger partial charge in [0, 0.05) is 25.2 Å². The number of aromatic amines is 1. The minimum atomic E-state index is -1.17. The standard InChI is InChI=1S/C35H37N3O8/c1-22-19-38(33(41)36-31(22)40)32-29-30(45-23(2)39)34(46-32,20-37(29)3)21-44-35(24-9-7-6-8-10-24,25-11-15-27(42-4)16-12-25)26-13-17-28(43-5)18-14-26/h6-19,29-30,32H,20-21H2,1-5H3,(H,36,40,41)/t29-,30+,32-,34-/m1/s1. The molecule has 0 unspecified atom stereocenters. The van der Waals surface area contributed by atoms with Crippen molar-refractivity contribution < 1.29 is 28.5 Å². The van der Waals surface area contributed by atoms with Crippen LogP contribution in [0.4, 0.5) is 0 Å². The van der Waals surface area contributed by atoms with Crippen molar-refractivity contribution in [1.29, 1.82) is 0 Å². The van der Waals surface area contributed by atoms with Crippen molar-refractivity contribution >= 4 is 5.97 Å². The van der Waals surface area contributed by atoms with Gasteiger partial charge >= 0.3 is 11.7 Å². The quantitative estimate of drug-likeness (QED) is 0.208. The van der Waals surface area contributed by atoms with Crippen LogP contribution in [0.25, 0.3) is 0 Å². The summed E-state index contributed by atoms with van der Waals surface area (Å²) in [5, 5.41) is 0. The lowest BCUT2D eigenvalue weighted by Crippen LogP contribution is -2.51. The Balaban J connectivity index is 1.49. The second-order valence-electron chi connectivity index (χ2n) is 11.8. The number of benzene rings is 3. The predicted molar refractivity (Wildman–Crippen MR) is 169 cm³/mol. The first-order chi connectivity index (χ1) is 22.1. The molecule has 0 radical (unpaired) electrons. The molecule has 2 aliphatic heterocycles. The summed E-state index contributed by atoms with van der Waals surface area (Å²) in [6.45, 7) is 3.30. The summed E-state index contributed by atoms with van der Waals surface area (Å²) in [6, 6.07) is 24.7. The Labute approximate surface area is 266 Å². The molecule has 1 aromatic heterocycles. The van der Waals surface area contributed by atoms with Crippen LogP contribution in [0.5, 0.6) is 11.5 Å². The van der Waals surface area contributed by atoms with Crippen molar-refractivity contribution in [3.63, 3.8) is 0 Å². The first kappa shape index (κ1) is 31.3. The maximum atomic E-state index is 13.0. The zero-order valence-corrected chi connectivity index (χ0v) is 26.4. The molecule has 0 amide bonds. The van der Waals surface area contributed by atoms with Crippen LogP contribution in [0.15, 0.2) is 94.6 Å². The molecule has 1 N–H and O–H groups in total. The summed E-state index contributed by atoms with van der Waals surface area (Å²) in [6.07, 6.45) is -0.162. The zero-order chi connectivity index (χ0) is 32.6.